The average Bonchev–Trinajstić information content (AvgIpc) is 2.60. The Hall–Kier alpha value is -1.68. The molecule has 2 N–H and O–H groups in total. The van der Waals surface area contributed by atoms with Crippen molar-refractivity contribution in [2.24, 2.45) is 12.8 Å². The Morgan fingerprint density at radius 1 is 1.29 bits per heavy atom. The second kappa shape index (κ2) is 4.30. The van der Waals surface area contributed by atoms with Crippen molar-refractivity contribution in [2.45, 2.75) is 19.9 Å². The van der Waals surface area contributed by atoms with Crippen molar-refractivity contribution in [3.8, 4) is 0 Å². The second-order valence-corrected chi connectivity index (χ2v) is 4.32. The van der Waals surface area contributed by atoms with Crippen LogP contribution in [0.2, 0.25) is 0 Å². The number of nitrogens with zero attached hydrogens (tertiary/aromatic N) is 2. The van der Waals surface area contributed by atoms with Crippen molar-refractivity contribution in [3.63, 3.8) is 0 Å². The molecule has 1 heterocycles. The minimum absolute atomic E-state index is 0.261. The molecule has 1 unspecified atom stereocenters. The largest absolute Gasteiger partial charge is 0.320 e. The van der Waals surface area contributed by atoms with Gasteiger partial charge in [0.25, 0.3) is 0 Å². The lowest BCUT2D eigenvalue weighted by Crippen LogP contribution is -2.14. The fraction of sp³-hybridized carbons (Fsp3) is 0.308. The van der Waals surface area contributed by atoms with Gasteiger partial charge in [-0.3, -0.25) is 4.68 Å². The summed E-state index contributed by atoms with van der Waals surface area (Å²) in [7, 11) is 1.85. The van der Waals surface area contributed by atoms with Gasteiger partial charge in [0.2, 0.25) is 0 Å². The highest BCUT2D eigenvalue weighted by molar-refractivity contribution is 5.37. The predicted molar refractivity (Wildman–Crippen MR) is 65.1 cm³/mol. The summed E-state index contributed by atoms with van der Waals surface area (Å²) in [6, 6.07) is 4.35. The summed E-state index contributed by atoms with van der Waals surface area (Å²) in [5.41, 5.74) is 9.78. The lowest BCUT2D eigenvalue weighted by Gasteiger charge is -2.14. The SMILES string of the molecule is Cc1ccc(F)cc1C(N)c1cn(C)nc1C. The van der Waals surface area contributed by atoms with Crippen LogP contribution in [0.25, 0.3) is 0 Å². The number of hydrogen-bond donors (Lipinski definition) is 1. The van der Waals surface area contributed by atoms with Crippen LogP contribution in [0.5, 0.6) is 0 Å². The van der Waals surface area contributed by atoms with E-state index in [-0.39, 0.29) is 11.9 Å². The van der Waals surface area contributed by atoms with Crippen molar-refractivity contribution < 1.29 is 4.39 Å². The van der Waals surface area contributed by atoms with Gasteiger partial charge in [0.05, 0.1) is 11.7 Å². The van der Waals surface area contributed by atoms with Gasteiger partial charge in [-0.1, -0.05) is 6.07 Å². The van der Waals surface area contributed by atoms with Crippen LogP contribution in [0.1, 0.15) is 28.4 Å². The van der Waals surface area contributed by atoms with Gasteiger partial charge in [0.15, 0.2) is 0 Å². The summed E-state index contributed by atoms with van der Waals surface area (Å²) < 4.78 is 15.0. The second-order valence-electron chi connectivity index (χ2n) is 4.32. The first-order chi connectivity index (χ1) is 7.99. The van der Waals surface area contributed by atoms with Crippen LogP contribution in [0.3, 0.4) is 0 Å². The van der Waals surface area contributed by atoms with E-state index in [0.717, 1.165) is 22.4 Å². The number of nitrogens with two attached hydrogens (primary N) is 1. The molecule has 2 rings (SSSR count). The number of rotatable bonds is 2. The van der Waals surface area contributed by atoms with Crippen LogP contribution in [-0.4, -0.2) is 9.78 Å². The molecule has 0 saturated carbocycles. The summed E-state index contributed by atoms with van der Waals surface area (Å²) in [5, 5.41) is 4.25. The Balaban J connectivity index is 2.46. The monoisotopic (exact) mass is 233 g/mol. The first kappa shape index (κ1) is 11.8. The van der Waals surface area contributed by atoms with E-state index in [9.17, 15) is 4.39 Å². The molecule has 17 heavy (non-hydrogen) atoms. The summed E-state index contributed by atoms with van der Waals surface area (Å²) >= 11 is 0. The third-order valence-corrected chi connectivity index (χ3v) is 2.96. The molecule has 1 aromatic heterocycles. The fourth-order valence-electron chi connectivity index (χ4n) is 2.04. The van der Waals surface area contributed by atoms with E-state index in [0.29, 0.717) is 0 Å². The molecule has 0 saturated heterocycles. The van der Waals surface area contributed by atoms with Crippen molar-refractivity contribution in [2.75, 3.05) is 0 Å². The maximum Gasteiger partial charge on any atom is 0.123 e. The average molecular weight is 233 g/mol. The Morgan fingerprint density at radius 3 is 2.59 bits per heavy atom. The smallest absolute Gasteiger partial charge is 0.123 e. The van der Waals surface area contributed by atoms with E-state index >= 15 is 0 Å². The molecule has 1 atom stereocenters. The van der Waals surface area contributed by atoms with Crippen molar-refractivity contribution in [1.29, 1.82) is 0 Å². The highest BCUT2D eigenvalue weighted by Crippen LogP contribution is 2.25. The molecule has 2 aromatic rings. The highest BCUT2D eigenvalue weighted by atomic mass is 19.1. The van der Waals surface area contributed by atoms with Crippen LogP contribution in [-0.2, 0) is 7.05 Å². The predicted octanol–water partition coefficient (Wildman–Crippen LogP) is 2.22. The molecular formula is C13H16FN3. The van der Waals surface area contributed by atoms with Crippen LogP contribution in [0.15, 0.2) is 24.4 Å². The minimum atomic E-state index is -0.334. The molecule has 0 bridgehead atoms. The Labute approximate surface area is 100 Å². The van der Waals surface area contributed by atoms with Gasteiger partial charge in [0.1, 0.15) is 5.82 Å². The molecule has 0 aliphatic heterocycles. The fourth-order valence-corrected chi connectivity index (χ4v) is 2.04. The molecule has 90 valence electrons. The van der Waals surface area contributed by atoms with Gasteiger partial charge in [-0.15, -0.1) is 0 Å². The van der Waals surface area contributed by atoms with E-state index in [1.54, 1.807) is 10.7 Å². The first-order valence-corrected chi connectivity index (χ1v) is 5.51. The van der Waals surface area contributed by atoms with E-state index in [2.05, 4.69) is 5.10 Å². The molecule has 1 aromatic carbocycles. The van der Waals surface area contributed by atoms with Crippen LogP contribution in [0.4, 0.5) is 4.39 Å². The van der Waals surface area contributed by atoms with Gasteiger partial charge in [0, 0.05) is 18.8 Å². The van der Waals surface area contributed by atoms with Gasteiger partial charge in [-0.05, 0) is 37.1 Å². The lowest BCUT2D eigenvalue weighted by atomic mass is 9.96. The zero-order chi connectivity index (χ0) is 12.6. The summed E-state index contributed by atoms with van der Waals surface area (Å²) in [5.74, 6) is -0.261. The van der Waals surface area contributed by atoms with Gasteiger partial charge in [-0.25, -0.2) is 4.39 Å². The molecule has 0 aliphatic carbocycles. The maximum absolute atomic E-state index is 13.3. The van der Waals surface area contributed by atoms with Gasteiger partial charge >= 0.3 is 0 Å². The maximum atomic E-state index is 13.3. The third kappa shape index (κ3) is 2.22. The van der Waals surface area contributed by atoms with E-state index in [1.165, 1.54) is 12.1 Å². The molecule has 0 fully saturated rings. The lowest BCUT2D eigenvalue weighted by molar-refractivity contribution is 0.622. The van der Waals surface area contributed by atoms with Crippen LogP contribution >= 0.6 is 0 Å². The Bertz CT molecular complexity index is 546. The van der Waals surface area contributed by atoms with Crippen LogP contribution < -0.4 is 5.73 Å². The van der Waals surface area contributed by atoms with E-state index in [4.69, 9.17) is 5.73 Å². The van der Waals surface area contributed by atoms with Crippen molar-refractivity contribution >= 4 is 0 Å². The number of halogens is 1. The normalized spacial score (nSPS) is 12.8. The molecule has 0 amide bonds. The quantitative estimate of drug-likeness (QED) is 0.864. The third-order valence-electron chi connectivity index (χ3n) is 2.96. The number of aromatic nitrogens is 2. The number of benzene rings is 1. The zero-order valence-corrected chi connectivity index (χ0v) is 10.2. The highest BCUT2D eigenvalue weighted by Gasteiger charge is 2.16. The van der Waals surface area contributed by atoms with Gasteiger partial charge in [-0.2, -0.15) is 5.10 Å². The standard InChI is InChI=1S/C13H16FN3/c1-8-4-5-10(14)6-11(8)13(15)12-7-17(3)16-9(12)2/h4-7,13H,15H2,1-3H3. The molecule has 0 radical (unpaired) electrons. The molecule has 0 aliphatic rings. The van der Waals surface area contributed by atoms with E-state index < -0.39 is 0 Å². The summed E-state index contributed by atoms with van der Waals surface area (Å²) in [4.78, 5) is 0. The molecule has 0 spiro atoms. The number of hydrogen-bond acceptors (Lipinski definition) is 2. The van der Waals surface area contributed by atoms with E-state index in [1.807, 2.05) is 27.1 Å². The number of aryl methyl sites for hydroxylation is 3. The molecule has 3 nitrogen and oxygen atoms in total. The minimum Gasteiger partial charge on any atom is -0.320 e. The summed E-state index contributed by atoms with van der Waals surface area (Å²) in [6.07, 6.45) is 1.88. The molecular weight excluding hydrogens is 217 g/mol. The molecule has 4 heteroatoms. The summed E-state index contributed by atoms with van der Waals surface area (Å²) in [6.45, 7) is 3.84. The van der Waals surface area contributed by atoms with Gasteiger partial charge < -0.3 is 5.73 Å². The first-order valence-electron chi connectivity index (χ1n) is 5.51. The van der Waals surface area contributed by atoms with Crippen molar-refractivity contribution in [3.05, 3.63) is 52.6 Å². The Kier molecular flexibility index (Phi) is 2.98. The van der Waals surface area contributed by atoms with Crippen LogP contribution in [0, 0.1) is 19.7 Å². The Morgan fingerprint density at radius 2 is 2.00 bits per heavy atom. The zero-order valence-electron chi connectivity index (χ0n) is 10.2. The van der Waals surface area contributed by atoms with Crippen molar-refractivity contribution in [1.82, 2.24) is 9.78 Å². The topological polar surface area (TPSA) is 43.8 Å².